The molecule has 0 fully saturated rings. The van der Waals surface area contributed by atoms with Crippen LogP contribution in [0, 0.1) is 11.8 Å². The Balaban J connectivity index is 2.30. The van der Waals surface area contributed by atoms with E-state index < -0.39 is 5.79 Å². The molecule has 2 aliphatic rings. The molecule has 0 atom stereocenters. The van der Waals surface area contributed by atoms with Gasteiger partial charge in [-0.1, -0.05) is 24.3 Å². The monoisotopic (exact) mass is 152 g/mol. The summed E-state index contributed by atoms with van der Waals surface area (Å²) < 4.78 is 10.8. The largest absolute Gasteiger partial charge is 0.351 e. The van der Waals surface area contributed by atoms with E-state index in [4.69, 9.17) is 9.47 Å². The average molecular weight is 152 g/mol. The number of fused-ring (bicyclic) bond motifs is 2. The van der Waals surface area contributed by atoms with Gasteiger partial charge in [-0.25, -0.2) is 0 Å². The van der Waals surface area contributed by atoms with Gasteiger partial charge in [-0.15, -0.1) is 0 Å². The van der Waals surface area contributed by atoms with Gasteiger partial charge in [-0.2, -0.15) is 0 Å². The summed E-state index contributed by atoms with van der Waals surface area (Å²) in [7, 11) is 3.40. The molecular weight excluding hydrogens is 140 g/mol. The lowest BCUT2D eigenvalue weighted by Gasteiger charge is -2.31. The molecule has 2 nitrogen and oxygen atoms in total. The van der Waals surface area contributed by atoms with Crippen LogP contribution in [-0.2, 0) is 9.47 Å². The molecule has 0 aliphatic heterocycles. The van der Waals surface area contributed by atoms with Crippen molar-refractivity contribution in [2.24, 2.45) is 11.8 Å². The Morgan fingerprint density at radius 2 is 1.27 bits per heavy atom. The molecule has 0 N–H and O–H groups in total. The third-order valence-electron chi connectivity index (χ3n) is 2.62. The van der Waals surface area contributed by atoms with E-state index in [-0.39, 0.29) is 0 Å². The van der Waals surface area contributed by atoms with Crippen LogP contribution in [0.5, 0.6) is 0 Å². The molecule has 0 saturated carbocycles. The fourth-order valence-corrected chi connectivity index (χ4v) is 1.99. The highest BCUT2D eigenvalue weighted by atomic mass is 16.7. The van der Waals surface area contributed by atoms with E-state index in [1.807, 2.05) is 0 Å². The van der Waals surface area contributed by atoms with Crippen LogP contribution in [0.2, 0.25) is 0 Å². The van der Waals surface area contributed by atoms with Crippen LogP contribution in [0.3, 0.4) is 0 Å². The van der Waals surface area contributed by atoms with Crippen LogP contribution in [0.25, 0.3) is 0 Å². The van der Waals surface area contributed by atoms with Crippen LogP contribution in [-0.4, -0.2) is 20.0 Å². The third kappa shape index (κ3) is 0.686. The van der Waals surface area contributed by atoms with Gasteiger partial charge in [0.05, 0.1) is 11.8 Å². The van der Waals surface area contributed by atoms with Gasteiger partial charge >= 0.3 is 0 Å². The van der Waals surface area contributed by atoms with Crippen LogP contribution in [0.1, 0.15) is 0 Å². The van der Waals surface area contributed by atoms with Crippen molar-refractivity contribution in [1.82, 2.24) is 0 Å². The zero-order chi connectivity index (χ0) is 7.90. The molecule has 2 heteroatoms. The van der Waals surface area contributed by atoms with Crippen molar-refractivity contribution in [3.63, 3.8) is 0 Å². The average Bonchev–Trinajstić information content (AvgIpc) is 2.59. The van der Waals surface area contributed by atoms with E-state index in [1.54, 1.807) is 14.2 Å². The topological polar surface area (TPSA) is 18.5 Å². The van der Waals surface area contributed by atoms with Gasteiger partial charge in [0.15, 0.2) is 5.79 Å². The second kappa shape index (κ2) is 2.19. The lowest BCUT2D eigenvalue weighted by Crippen LogP contribution is -2.39. The Bertz CT molecular complexity index is 182. The standard InChI is InChI=1S/C9H12O2/c1-10-9(11-2)7-3-4-8(9)6-5-7/h3-8H,1-2H3. The number of hydrogen-bond donors (Lipinski definition) is 0. The van der Waals surface area contributed by atoms with Gasteiger partial charge in [-0.05, 0) is 0 Å². The highest BCUT2D eigenvalue weighted by Gasteiger charge is 2.49. The minimum Gasteiger partial charge on any atom is -0.351 e. The molecule has 0 spiro atoms. The number of rotatable bonds is 2. The molecule has 0 aromatic heterocycles. The third-order valence-corrected chi connectivity index (χ3v) is 2.62. The van der Waals surface area contributed by atoms with Gasteiger partial charge < -0.3 is 9.47 Å². The molecule has 2 bridgehead atoms. The first-order valence-corrected chi connectivity index (χ1v) is 3.80. The smallest absolute Gasteiger partial charge is 0.187 e. The predicted molar refractivity (Wildman–Crippen MR) is 42.0 cm³/mol. The van der Waals surface area contributed by atoms with Crippen LogP contribution in [0.15, 0.2) is 24.3 Å². The van der Waals surface area contributed by atoms with Crippen LogP contribution in [0.4, 0.5) is 0 Å². The zero-order valence-corrected chi connectivity index (χ0v) is 6.78. The quantitative estimate of drug-likeness (QED) is 0.439. The van der Waals surface area contributed by atoms with Crippen molar-refractivity contribution in [3.05, 3.63) is 24.3 Å². The highest BCUT2D eigenvalue weighted by molar-refractivity contribution is 5.29. The van der Waals surface area contributed by atoms with Gasteiger partial charge in [0, 0.05) is 14.2 Å². The Kier molecular flexibility index (Phi) is 1.41. The SMILES string of the molecule is COC1(OC)C2C=CC1C=C2. The summed E-state index contributed by atoms with van der Waals surface area (Å²) in [6.07, 6.45) is 8.55. The van der Waals surface area contributed by atoms with E-state index in [0.29, 0.717) is 11.8 Å². The first-order valence-electron chi connectivity index (χ1n) is 3.80. The molecular formula is C9H12O2. The lowest BCUT2D eigenvalue weighted by atomic mass is 10.0. The summed E-state index contributed by atoms with van der Waals surface area (Å²) in [5, 5.41) is 0. The van der Waals surface area contributed by atoms with E-state index >= 15 is 0 Å². The van der Waals surface area contributed by atoms with Gasteiger partial charge in [-0.3, -0.25) is 0 Å². The highest BCUT2D eigenvalue weighted by Crippen LogP contribution is 2.45. The fraction of sp³-hybridized carbons (Fsp3) is 0.556. The summed E-state index contributed by atoms with van der Waals surface area (Å²) >= 11 is 0. The number of hydrogen-bond acceptors (Lipinski definition) is 2. The number of ether oxygens (including phenoxy) is 2. The summed E-state index contributed by atoms with van der Waals surface area (Å²) in [4.78, 5) is 0. The first-order chi connectivity index (χ1) is 5.33. The van der Waals surface area contributed by atoms with E-state index in [1.165, 1.54) is 0 Å². The molecule has 0 radical (unpaired) electrons. The molecule has 11 heavy (non-hydrogen) atoms. The lowest BCUT2D eigenvalue weighted by molar-refractivity contribution is -0.225. The first kappa shape index (κ1) is 7.07. The summed E-state index contributed by atoms with van der Waals surface area (Å²) in [5.74, 6) is 0.199. The van der Waals surface area contributed by atoms with Crippen molar-refractivity contribution in [2.75, 3.05) is 14.2 Å². The Hall–Kier alpha value is -0.600. The molecule has 0 unspecified atom stereocenters. The molecule has 0 aromatic carbocycles. The van der Waals surface area contributed by atoms with E-state index in [2.05, 4.69) is 24.3 Å². The molecule has 0 heterocycles. The molecule has 0 saturated heterocycles. The van der Waals surface area contributed by atoms with Gasteiger partial charge in [0.25, 0.3) is 0 Å². The summed E-state index contributed by atoms with van der Waals surface area (Å²) in [6, 6.07) is 0. The van der Waals surface area contributed by atoms with Crippen LogP contribution < -0.4 is 0 Å². The fourth-order valence-electron chi connectivity index (χ4n) is 1.99. The normalized spacial score (nSPS) is 36.9. The minimum absolute atomic E-state index is 0.308. The van der Waals surface area contributed by atoms with Crippen molar-refractivity contribution in [1.29, 1.82) is 0 Å². The summed E-state index contributed by atoms with van der Waals surface area (Å²) in [5.41, 5.74) is 0. The van der Waals surface area contributed by atoms with E-state index in [0.717, 1.165) is 0 Å². The molecule has 0 aromatic rings. The Morgan fingerprint density at radius 3 is 1.45 bits per heavy atom. The molecule has 2 aliphatic carbocycles. The second-order valence-corrected chi connectivity index (χ2v) is 2.95. The maximum atomic E-state index is 5.39. The van der Waals surface area contributed by atoms with Crippen molar-refractivity contribution in [3.8, 4) is 0 Å². The van der Waals surface area contributed by atoms with Crippen molar-refractivity contribution >= 4 is 0 Å². The Morgan fingerprint density at radius 1 is 0.909 bits per heavy atom. The maximum absolute atomic E-state index is 5.39. The van der Waals surface area contributed by atoms with Gasteiger partial charge in [0.2, 0.25) is 0 Å². The van der Waals surface area contributed by atoms with Crippen molar-refractivity contribution < 1.29 is 9.47 Å². The van der Waals surface area contributed by atoms with Gasteiger partial charge in [0.1, 0.15) is 0 Å². The molecule has 2 rings (SSSR count). The summed E-state index contributed by atoms with van der Waals surface area (Å²) in [6.45, 7) is 0. The van der Waals surface area contributed by atoms with E-state index in [9.17, 15) is 0 Å². The predicted octanol–water partition coefficient (Wildman–Crippen LogP) is 1.35. The maximum Gasteiger partial charge on any atom is 0.187 e. The number of methoxy groups -OCH3 is 2. The second-order valence-electron chi connectivity index (χ2n) is 2.95. The zero-order valence-electron chi connectivity index (χ0n) is 6.78. The van der Waals surface area contributed by atoms with Crippen molar-refractivity contribution in [2.45, 2.75) is 5.79 Å². The molecule has 60 valence electrons. The Labute approximate surface area is 66.5 Å². The minimum atomic E-state index is -0.417. The van der Waals surface area contributed by atoms with Crippen LogP contribution >= 0.6 is 0 Å². The molecule has 0 amide bonds.